The van der Waals surface area contributed by atoms with E-state index in [1.807, 2.05) is 0 Å². The minimum Gasteiger partial charge on any atom is -0.444 e. The molecule has 1 amide bonds. The number of hydrogen-bond acceptors (Lipinski definition) is 2. The minimum atomic E-state index is -0.193. The highest BCUT2D eigenvalue weighted by atomic mass is 79.9. The Morgan fingerprint density at radius 2 is 1.91 bits per heavy atom. The molecule has 3 rings (SSSR count). The summed E-state index contributed by atoms with van der Waals surface area (Å²) in [5.74, 6) is 0.126. The highest BCUT2D eigenvalue weighted by molar-refractivity contribution is 9.10. The van der Waals surface area contributed by atoms with E-state index in [1.54, 1.807) is 12.1 Å². The fourth-order valence-corrected chi connectivity index (χ4v) is 3.25. The third kappa shape index (κ3) is 3.06. The summed E-state index contributed by atoms with van der Waals surface area (Å²) < 4.78 is 5.82. The molecule has 0 saturated carbocycles. The van der Waals surface area contributed by atoms with Gasteiger partial charge < -0.3 is 14.7 Å². The number of aryl methyl sites for hydroxylation is 3. The number of aromatic amines is 1. The number of H-pyrrole nitrogens is 1. The van der Waals surface area contributed by atoms with E-state index in [0.29, 0.717) is 17.0 Å². The van der Waals surface area contributed by atoms with Crippen molar-refractivity contribution in [3.05, 3.63) is 57.1 Å². The summed E-state index contributed by atoms with van der Waals surface area (Å²) in [6, 6.07) is 7.65. The molecule has 0 unspecified atom stereocenters. The van der Waals surface area contributed by atoms with E-state index < -0.39 is 0 Å². The van der Waals surface area contributed by atoms with Crippen LogP contribution in [0.2, 0.25) is 0 Å². The van der Waals surface area contributed by atoms with Crippen molar-refractivity contribution in [2.45, 2.75) is 27.2 Å². The predicted molar refractivity (Wildman–Crippen MR) is 95.0 cm³/mol. The molecule has 0 aliphatic rings. The first-order chi connectivity index (χ1) is 11.0. The number of hydrogen-bond donors (Lipinski definition) is 2. The Morgan fingerprint density at radius 1 is 1.17 bits per heavy atom. The van der Waals surface area contributed by atoms with Crippen LogP contribution in [0.25, 0.3) is 10.9 Å². The third-order valence-corrected chi connectivity index (χ3v) is 4.57. The predicted octanol–water partition coefficient (Wildman–Crippen LogP) is 4.42. The number of rotatable bonds is 4. The van der Waals surface area contributed by atoms with E-state index in [4.69, 9.17) is 4.42 Å². The Bertz CT molecular complexity index is 877. The second kappa shape index (κ2) is 6.24. The molecule has 2 heterocycles. The molecule has 0 bridgehead atoms. The number of furan rings is 1. The average molecular weight is 375 g/mol. The van der Waals surface area contributed by atoms with E-state index in [2.05, 4.69) is 59.1 Å². The molecule has 0 spiro atoms. The van der Waals surface area contributed by atoms with Crippen LogP contribution in [0, 0.1) is 20.8 Å². The summed E-state index contributed by atoms with van der Waals surface area (Å²) in [4.78, 5) is 15.5. The number of halogens is 1. The van der Waals surface area contributed by atoms with Crippen molar-refractivity contribution in [1.82, 2.24) is 10.3 Å². The van der Waals surface area contributed by atoms with Gasteiger partial charge in [-0.2, -0.15) is 0 Å². The normalized spacial score (nSPS) is 11.1. The van der Waals surface area contributed by atoms with Gasteiger partial charge in [0.25, 0.3) is 5.91 Å². The molecule has 0 saturated heterocycles. The summed E-state index contributed by atoms with van der Waals surface area (Å²) in [5, 5.41) is 4.18. The molecule has 23 heavy (non-hydrogen) atoms. The Hall–Kier alpha value is -2.01. The standard InChI is InChI=1S/C18H19BrN2O2/c1-10-4-5-11(2)17-16(10)13(12(3)21-17)8-9-20-18(22)14-6-7-15(19)23-14/h4-7,21H,8-9H2,1-3H3,(H,20,22). The topological polar surface area (TPSA) is 58.0 Å². The average Bonchev–Trinajstić information content (AvgIpc) is 3.08. The van der Waals surface area contributed by atoms with Gasteiger partial charge in [0, 0.05) is 23.1 Å². The van der Waals surface area contributed by atoms with Crippen LogP contribution in [0.1, 0.15) is 32.9 Å². The van der Waals surface area contributed by atoms with E-state index in [-0.39, 0.29) is 5.91 Å². The molecular weight excluding hydrogens is 356 g/mol. The number of carbonyl (C=O) groups is 1. The van der Waals surface area contributed by atoms with Crippen molar-refractivity contribution in [3.63, 3.8) is 0 Å². The Morgan fingerprint density at radius 3 is 2.61 bits per heavy atom. The van der Waals surface area contributed by atoms with Crippen LogP contribution in [0.5, 0.6) is 0 Å². The first-order valence-corrected chi connectivity index (χ1v) is 8.37. The lowest BCUT2D eigenvalue weighted by Crippen LogP contribution is -2.25. The molecule has 0 aliphatic carbocycles. The lowest BCUT2D eigenvalue weighted by molar-refractivity contribution is 0.0925. The van der Waals surface area contributed by atoms with Gasteiger partial charge in [0.15, 0.2) is 10.4 Å². The number of aromatic nitrogens is 1. The van der Waals surface area contributed by atoms with Crippen molar-refractivity contribution in [2.75, 3.05) is 6.54 Å². The smallest absolute Gasteiger partial charge is 0.287 e. The van der Waals surface area contributed by atoms with E-state index >= 15 is 0 Å². The second-order valence-corrected chi connectivity index (χ2v) is 6.57. The number of nitrogens with one attached hydrogen (secondary N) is 2. The van der Waals surface area contributed by atoms with Gasteiger partial charge in [0.1, 0.15) is 0 Å². The number of fused-ring (bicyclic) bond motifs is 1. The van der Waals surface area contributed by atoms with Gasteiger partial charge >= 0.3 is 0 Å². The molecule has 0 atom stereocenters. The van der Waals surface area contributed by atoms with E-state index in [1.165, 1.54) is 27.6 Å². The summed E-state index contributed by atoms with van der Waals surface area (Å²) >= 11 is 3.20. The quantitative estimate of drug-likeness (QED) is 0.709. The van der Waals surface area contributed by atoms with Gasteiger partial charge in [-0.05, 0) is 71.9 Å². The van der Waals surface area contributed by atoms with Crippen LogP contribution >= 0.6 is 15.9 Å². The minimum absolute atomic E-state index is 0.193. The maximum Gasteiger partial charge on any atom is 0.287 e. The molecule has 0 radical (unpaired) electrons. The SMILES string of the molecule is Cc1[nH]c2c(C)ccc(C)c2c1CCNC(=O)c1ccc(Br)o1. The lowest BCUT2D eigenvalue weighted by atomic mass is 10.0. The fraction of sp³-hybridized carbons (Fsp3) is 0.278. The molecule has 2 N–H and O–H groups in total. The molecule has 2 aromatic heterocycles. The number of benzene rings is 1. The van der Waals surface area contributed by atoms with E-state index in [9.17, 15) is 4.79 Å². The maximum atomic E-state index is 12.0. The highest BCUT2D eigenvalue weighted by Crippen LogP contribution is 2.28. The third-order valence-electron chi connectivity index (χ3n) is 4.15. The number of carbonyl (C=O) groups excluding carboxylic acids is 1. The summed E-state index contributed by atoms with van der Waals surface area (Å²) in [6.07, 6.45) is 0.781. The van der Waals surface area contributed by atoms with Crippen LogP contribution in [0.3, 0.4) is 0 Å². The molecule has 4 nitrogen and oxygen atoms in total. The fourth-order valence-electron chi connectivity index (χ4n) is 2.95. The van der Waals surface area contributed by atoms with Gasteiger partial charge in [-0.1, -0.05) is 12.1 Å². The van der Waals surface area contributed by atoms with Crippen LogP contribution in [-0.4, -0.2) is 17.4 Å². The van der Waals surface area contributed by atoms with Crippen LogP contribution in [-0.2, 0) is 6.42 Å². The molecule has 0 fully saturated rings. The van der Waals surface area contributed by atoms with Crippen molar-refractivity contribution < 1.29 is 9.21 Å². The summed E-state index contributed by atoms with van der Waals surface area (Å²) in [6.45, 7) is 6.88. The summed E-state index contributed by atoms with van der Waals surface area (Å²) in [7, 11) is 0. The first kappa shape index (κ1) is 15.9. The van der Waals surface area contributed by atoms with Gasteiger partial charge in [0.2, 0.25) is 0 Å². The molecule has 1 aromatic carbocycles. The van der Waals surface area contributed by atoms with Crippen molar-refractivity contribution >= 4 is 32.7 Å². The van der Waals surface area contributed by atoms with Crippen LogP contribution in [0.15, 0.2) is 33.4 Å². The molecule has 120 valence electrons. The van der Waals surface area contributed by atoms with Crippen LogP contribution < -0.4 is 5.32 Å². The van der Waals surface area contributed by atoms with Gasteiger partial charge in [-0.15, -0.1) is 0 Å². The Kier molecular flexibility index (Phi) is 4.31. The number of amides is 1. The van der Waals surface area contributed by atoms with E-state index in [0.717, 1.165) is 12.1 Å². The zero-order valence-electron chi connectivity index (χ0n) is 13.4. The highest BCUT2D eigenvalue weighted by Gasteiger charge is 2.14. The second-order valence-electron chi connectivity index (χ2n) is 5.79. The maximum absolute atomic E-state index is 12.0. The first-order valence-electron chi connectivity index (χ1n) is 7.58. The summed E-state index contributed by atoms with van der Waals surface area (Å²) in [5.41, 5.74) is 6.11. The monoisotopic (exact) mass is 374 g/mol. The van der Waals surface area contributed by atoms with Crippen molar-refractivity contribution in [3.8, 4) is 0 Å². The van der Waals surface area contributed by atoms with Gasteiger partial charge in [0.05, 0.1) is 0 Å². The van der Waals surface area contributed by atoms with Gasteiger partial charge in [-0.25, -0.2) is 0 Å². The molecular formula is C18H19BrN2O2. The molecule has 0 aliphatic heterocycles. The Balaban J connectivity index is 1.76. The largest absolute Gasteiger partial charge is 0.444 e. The van der Waals surface area contributed by atoms with Crippen LogP contribution in [0.4, 0.5) is 0 Å². The van der Waals surface area contributed by atoms with Crippen molar-refractivity contribution in [2.24, 2.45) is 0 Å². The lowest BCUT2D eigenvalue weighted by Gasteiger charge is -2.06. The van der Waals surface area contributed by atoms with Gasteiger partial charge in [-0.3, -0.25) is 4.79 Å². The van der Waals surface area contributed by atoms with Crippen molar-refractivity contribution in [1.29, 1.82) is 0 Å². The zero-order valence-corrected chi connectivity index (χ0v) is 15.0. The zero-order chi connectivity index (χ0) is 16.6. The molecule has 3 aromatic rings. The Labute approximate surface area is 143 Å². The molecule has 5 heteroatoms.